The Bertz CT molecular complexity index is 1700. The molecule has 3 saturated carbocycles. The van der Waals surface area contributed by atoms with Gasteiger partial charge in [-0.1, -0.05) is 24.3 Å². The minimum Gasteiger partial charge on any atom is -0.342 e. The van der Waals surface area contributed by atoms with Crippen molar-refractivity contribution in [2.24, 2.45) is 17.8 Å². The first-order chi connectivity index (χ1) is 18.2. The Balaban J connectivity index is 1.02. The number of aromatic nitrogens is 4. The van der Waals surface area contributed by atoms with Crippen LogP contribution in [0.4, 0.5) is 4.39 Å². The molecule has 0 spiro atoms. The van der Waals surface area contributed by atoms with E-state index in [-0.39, 0.29) is 5.82 Å². The Morgan fingerprint density at radius 1 is 0.784 bits per heavy atom. The fourth-order valence-corrected chi connectivity index (χ4v) is 7.23. The van der Waals surface area contributed by atoms with E-state index in [9.17, 15) is 0 Å². The van der Waals surface area contributed by atoms with Crippen LogP contribution in [0.2, 0.25) is 0 Å². The molecule has 3 heterocycles. The van der Waals surface area contributed by atoms with E-state index in [0.717, 1.165) is 68.0 Å². The number of nitrogens with zero attached hydrogens (tertiary/aromatic N) is 2. The zero-order valence-corrected chi connectivity index (χ0v) is 20.5. The molecule has 6 heteroatoms. The number of H-pyrrole nitrogens is 2. The molecule has 1 unspecified atom stereocenters. The Morgan fingerprint density at radius 2 is 1.65 bits per heavy atom. The minimum atomic E-state index is -0.225. The topological polar surface area (TPSA) is 69.4 Å². The fourth-order valence-electron chi connectivity index (χ4n) is 7.23. The molecular formula is C31H28FN5. The van der Waals surface area contributed by atoms with Gasteiger partial charge in [-0.3, -0.25) is 0 Å². The van der Waals surface area contributed by atoms with Gasteiger partial charge >= 0.3 is 0 Å². The van der Waals surface area contributed by atoms with Gasteiger partial charge in [0.2, 0.25) is 0 Å². The highest BCUT2D eigenvalue weighted by molar-refractivity contribution is 6.05. The molecular weight excluding hydrogens is 461 g/mol. The molecule has 5 nitrogen and oxygen atoms in total. The van der Waals surface area contributed by atoms with Crippen LogP contribution in [-0.2, 0) is 0 Å². The summed E-state index contributed by atoms with van der Waals surface area (Å²) in [6.07, 6.45) is 8.13. The number of fused-ring (bicyclic) bond motifs is 5. The molecule has 0 bridgehead atoms. The van der Waals surface area contributed by atoms with Gasteiger partial charge < -0.3 is 15.3 Å². The molecule has 4 aliphatic rings. The Kier molecular flexibility index (Phi) is 4.04. The first-order valence-electron chi connectivity index (χ1n) is 13.7. The van der Waals surface area contributed by atoms with E-state index in [0.29, 0.717) is 23.6 Å². The monoisotopic (exact) mass is 489 g/mol. The average Bonchev–Trinajstić information content (AvgIpc) is 3.50. The number of imidazole rings is 2. The lowest BCUT2D eigenvalue weighted by Gasteiger charge is -2.09. The molecule has 3 aliphatic carbocycles. The minimum absolute atomic E-state index is 0.225. The summed E-state index contributed by atoms with van der Waals surface area (Å²) in [5.41, 5.74) is 5.30. The zero-order valence-electron chi connectivity index (χ0n) is 20.5. The first kappa shape index (κ1) is 20.5. The van der Waals surface area contributed by atoms with Crippen LogP contribution in [0.25, 0.3) is 44.2 Å². The normalized spacial score (nSPS) is 29.6. The van der Waals surface area contributed by atoms with E-state index in [1.807, 2.05) is 12.1 Å². The van der Waals surface area contributed by atoms with Gasteiger partial charge in [0, 0.05) is 22.9 Å². The maximum absolute atomic E-state index is 15.3. The van der Waals surface area contributed by atoms with Crippen molar-refractivity contribution < 1.29 is 4.39 Å². The number of aromatic amines is 2. The molecule has 0 amide bonds. The first-order valence-corrected chi connectivity index (χ1v) is 13.7. The molecule has 0 radical (unpaired) electrons. The smallest absolute Gasteiger partial charge is 0.133 e. The lowest BCUT2D eigenvalue weighted by atomic mass is 9.99. The summed E-state index contributed by atoms with van der Waals surface area (Å²) in [6, 6.07) is 17.1. The molecule has 1 aliphatic heterocycles. The molecule has 3 N–H and O–H groups in total. The van der Waals surface area contributed by atoms with Crippen molar-refractivity contribution in [3.05, 3.63) is 72.2 Å². The van der Waals surface area contributed by atoms with Gasteiger partial charge in [-0.15, -0.1) is 0 Å². The molecule has 5 aromatic rings. The number of hydrogen-bond donors (Lipinski definition) is 3. The number of halogens is 1. The number of nitrogens with one attached hydrogen (secondary N) is 3. The van der Waals surface area contributed by atoms with E-state index in [1.54, 1.807) is 12.3 Å². The van der Waals surface area contributed by atoms with Gasteiger partial charge in [0.1, 0.15) is 17.5 Å². The van der Waals surface area contributed by atoms with Crippen LogP contribution in [0.5, 0.6) is 0 Å². The molecule has 9 rings (SSSR count). The highest BCUT2D eigenvalue weighted by Gasteiger charge is 2.47. The third-order valence-electron chi connectivity index (χ3n) is 9.51. The van der Waals surface area contributed by atoms with E-state index < -0.39 is 0 Å². The summed E-state index contributed by atoms with van der Waals surface area (Å²) < 4.78 is 15.3. The fraction of sp³-hybridized carbons (Fsp3) is 0.355. The predicted molar refractivity (Wildman–Crippen MR) is 143 cm³/mol. The lowest BCUT2D eigenvalue weighted by molar-refractivity contribution is 0.544. The Hall–Kier alpha value is -3.51. The standard InChI is InChI=1S/C31H28FN5/c32-24-11-16(2-5-23(24)28-14-33-30(36-28)21-9-18-8-19(18)10-21)15-1-4-22-17(7-15)3-6-25-29(22)37-31(35-25)27-13-20-12-26(20)34-27/h1-7,11,14,18-21,26-27,34H,8-10,12-13H2,(H,33,36)(H,35,37)/t18-,19+,20-,21?,26-,27+/m1/s1. The summed E-state index contributed by atoms with van der Waals surface area (Å²) in [6.45, 7) is 0. The van der Waals surface area contributed by atoms with E-state index in [2.05, 4.69) is 50.6 Å². The number of rotatable bonds is 4. The average molecular weight is 490 g/mol. The van der Waals surface area contributed by atoms with E-state index in [1.165, 1.54) is 32.1 Å². The van der Waals surface area contributed by atoms with Crippen LogP contribution in [0, 0.1) is 23.6 Å². The highest BCUT2D eigenvalue weighted by Crippen LogP contribution is 2.57. The number of piperidine rings is 1. The molecule has 3 aromatic carbocycles. The van der Waals surface area contributed by atoms with E-state index in [4.69, 9.17) is 4.98 Å². The molecule has 6 atom stereocenters. The van der Waals surface area contributed by atoms with Crippen LogP contribution in [0.3, 0.4) is 0 Å². The summed E-state index contributed by atoms with van der Waals surface area (Å²) in [7, 11) is 0. The Morgan fingerprint density at radius 3 is 2.49 bits per heavy atom. The molecule has 1 saturated heterocycles. The summed E-state index contributed by atoms with van der Waals surface area (Å²) in [4.78, 5) is 16.6. The van der Waals surface area contributed by atoms with Crippen LogP contribution in [0.15, 0.2) is 54.7 Å². The second-order valence-electron chi connectivity index (χ2n) is 11.9. The quantitative estimate of drug-likeness (QED) is 0.259. The van der Waals surface area contributed by atoms with Gasteiger partial charge in [0.05, 0.1) is 29.0 Å². The predicted octanol–water partition coefficient (Wildman–Crippen LogP) is 6.85. The third-order valence-corrected chi connectivity index (χ3v) is 9.51. The summed E-state index contributed by atoms with van der Waals surface area (Å²) in [5, 5.41) is 5.93. The number of hydrogen-bond acceptors (Lipinski definition) is 3. The Labute approximate surface area is 213 Å². The van der Waals surface area contributed by atoms with Gasteiger partial charge in [-0.2, -0.15) is 0 Å². The SMILES string of the molecule is Fc1cc(-c2ccc3c(ccc4[nH]c([C@@H]5C[C@H]6C[C@H]6N5)nc43)c2)ccc1-c1cnc(C2C[C@@H]3C[C@@H]3C2)[nH]1. The van der Waals surface area contributed by atoms with Crippen LogP contribution < -0.4 is 5.32 Å². The number of benzene rings is 3. The maximum atomic E-state index is 15.3. The van der Waals surface area contributed by atoms with Crippen molar-refractivity contribution in [2.45, 2.75) is 50.1 Å². The van der Waals surface area contributed by atoms with Crippen molar-refractivity contribution in [2.75, 3.05) is 0 Å². The second-order valence-corrected chi connectivity index (χ2v) is 11.9. The van der Waals surface area contributed by atoms with Crippen molar-refractivity contribution in [3.8, 4) is 22.4 Å². The van der Waals surface area contributed by atoms with Crippen LogP contribution in [-0.4, -0.2) is 26.0 Å². The van der Waals surface area contributed by atoms with Gasteiger partial charge in [0.25, 0.3) is 0 Å². The molecule has 184 valence electrons. The van der Waals surface area contributed by atoms with Gasteiger partial charge in [-0.05, 0) is 90.6 Å². The van der Waals surface area contributed by atoms with Crippen LogP contribution >= 0.6 is 0 Å². The van der Waals surface area contributed by atoms with Crippen molar-refractivity contribution >= 4 is 21.8 Å². The van der Waals surface area contributed by atoms with Gasteiger partial charge in [0.15, 0.2) is 0 Å². The lowest BCUT2D eigenvalue weighted by Crippen LogP contribution is -2.18. The molecule has 2 aromatic heterocycles. The van der Waals surface area contributed by atoms with Crippen LogP contribution in [0.1, 0.15) is 55.7 Å². The molecule has 4 fully saturated rings. The van der Waals surface area contributed by atoms with Crippen molar-refractivity contribution in [3.63, 3.8) is 0 Å². The molecule has 37 heavy (non-hydrogen) atoms. The van der Waals surface area contributed by atoms with Crippen molar-refractivity contribution in [1.82, 2.24) is 25.3 Å². The van der Waals surface area contributed by atoms with E-state index >= 15 is 4.39 Å². The second kappa shape index (κ2) is 7.29. The highest BCUT2D eigenvalue weighted by atomic mass is 19.1. The largest absolute Gasteiger partial charge is 0.342 e. The third kappa shape index (κ3) is 3.24. The van der Waals surface area contributed by atoms with Crippen molar-refractivity contribution in [1.29, 1.82) is 0 Å². The van der Waals surface area contributed by atoms with Gasteiger partial charge in [-0.25, -0.2) is 14.4 Å². The maximum Gasteiger partial charge on any atom is 0.133 e. The zero-order chi connectivity index (χ0) is 24.2. The summed E-state index contributed by atoms with van der Waals surface area (Å²) >= 11 is 0. The summed E-state index contributed by atoms with van der Waals surface area (Å²) in [5.74, 6) is 4.98.